The minimum absolute atomic E-state index is 0.0442. The van der Waals surface area contributed by atoms with Gasteiger partial charge in [0.15, 0.2) is 0 Å². The Bertz CT molecular complexity index is 466. The summed E-state index contributed by atoms with van der Waals surface area (Å²) < 4.78 is 4.79. The number of nitrogens with zero attached hydrogens (tertiary/aromatic N) is 1. The Labute approximate surface area is 99.0 Å². The second-order valence-corrected chi connectivity index (χ2v) is 4.72. The molecule has 16 heavy (non-hydrogen) atoms. The van der Waals surface area contributed by atoms with Crippen LogP contribution in [0.25, 0.3) is 6.08 Å². The van der Waals surface area contributed by atoms with Crippen molar-refractivity contribution in [3.63, 3.8) is 0 Å². The van der Waals surface area contributed by atoms with Gasteiger partial charge in [-0.3, -0.25) is 0 Å². The van der Waals surface area contributed by atoms with Gasteiger partial charge in [0.1, 0.15) is 11.6 Å². The molecule has 84 valence electrons. The highest BCUT2D eigenvalue weighted by molar-refractivity contribution is 7.12. The van der Waals surface area contributed by atoms with E-state index >= 15 is 0 Å². The predicted octanol–water partition coefficient (Wildman–Crippen LogP) is 2.84. The number of esters is 1. The smallest absolute Gasteiger partial charge is 0.348 e. The molecule has 3 nitrogen and oxygen atoms in total. The van der Waals surface area contributed by atoms with Crippen LogP contribution in [0.2, 0.25) is 0 Å². The van der Waals surface area contributed by atoms with Crippen molar-refractivity contribution in [1.82, 2.24) is 0 Å². The highest BCUT2D eigenvalue weighted by Crippen LogP contribution is 2.23. The van der Waals surface area contributed by atoms with Gasteiger partial charge >= 0.3 is 5.97 Å². The molecule has 0 aliphatic carbocycles. The number of aryl methyl sites for hydroxylation is 2. The third-order valence-electron chi connectivity index (χ3n) is 2.00. The average molecular weight is 235 g/mol. The zero-order chi connectivity index (χ0) is 12.1. The molecule has 0 radical (unpaired) electrons. The van der Waals surface area contributed by atoms with Crippen molar-refractivity contribution in [2.45, 2.75) is 20.8 Å². The Morgan fingerprint density at radius 1 is 1.62 bits per heavy atom. The molecule has 4 heteroatoms. The van der Waals surface area contributed by atoms with Gasteiger partial charge in [-0.1, -0.05) is 0 Å². The number of thiophene rings is 1. The number of hydrogen-bond donors (Lipinski definition) is 0. The van der Waals surface area contributed by atoms with Gasteiger partial charge in [-0.2, -0.15) is 5.26 Å². The van der Waals surface area contributed by atoms with Crippen LogP contribution in [-0.2, 0) is 9.53 Å². The van der Waals surface area contributed by atoms with E-state index in [0.29, 0.717) is 0 Å². The summed E-state index contributed by atoms with van der Waals surface area (Å²) >= 11 is 1.64. The summed E-state index contributed by atoms with van der Waals surface area (Å²) in [6.07, 6.45) is 1.58. The van der Waals surface area contributed by atoms with Crippen LogP contribution in [0.5, 0.6) is 0 Å². The minimum atomic E-state index is -0.562. The summed E-state index contributed by atoms with van der Waals surface area (Å²) in [5, 5.41) is 8.87. The minimum Gasteiger partial charge on any atom is -0.462 e. The monoisotopic (exact) mass is 235 g/mol. The van der Waals surface area contributed by atoms with Gasteiger partial charge in [0.05, 0.1) is 6.61 Å². The van der Waals surface area contributed by atoms with Gasteiger partial charge in [0.2, 0.25) is 0 Å². The van der Waals surface area contributed by atoms with Crippen LogP contribution in [0.3, 0.4) is 0 Å². The van der Waals surface area contributed by atoms with Gasteiger partial charge in [-0.25, -0.2) is 4.79 Å². The molecule has 0 aromatic carbocycles. The first-order chi connectivity index (χ1) is 7.58. The Kier molecular flexibility index (Phi) is 4.27. The second kappa shape index (κ2) is 5.47. The number of nitriles is 1. The molecule has 0 fully saturated rings. The lowest BCUT2D eigenvalue weighted by molar-refractivity contribution is -0.137. The zero-order valence-electron chi connectivity index (χ0n) is 9.53. The van der Waals surface area contributed by atoms with Crippen LogP contribution in [0, 0.1) is 25.2 Å². The average Bonchev–Trinajstić information content (AvgIpc) is 2.54. The fourth-order valence-electron chi connectivity index (χ4n) is 1.29. The predicted molar refractivity (Wildman–Crippen MR) is 64.0 cm³/mol. The highest BCUT2D eigenvalue weighted by Gasteiger charge is 2.11. The molecule has 0 saturated carbocycles. The number of hydrogen-bond acceptors (Lipinski definition) is 4. The molecule has 0 unspecified atom stereocenters. The normalized spacial score (nSPS) is 11.0. The number of ether oxygens (including phenoxy) is 1. The molecule has 0 aliphatic heterocycles. The number of carbonyl (C=O) groups is 1. The second-order valence-electron chi connectivity index (χ2n) is 3.26. The zero-order valence-corrected chi connectivity index (χ0v) is 10.4. The van der Waals surface area contributed by atoms with E-state index in [-0.39, 0.29) is 12.2 Å². The van der Waals surface area contributed by atoms with Gasteiger partial charge in [-0.05, 0) is 38.5 Å². The van der Waals surface area contributed by atoms with E-state index in [0.717, 1.165) is 15.3 Å². The molecule has 0 amide bonds. The van der Waals surface area contributed by atoms with Gasteiger partial charge in [0, 0.05) is 9.75 Å². The fraction of sp³-hybridized carbons (Fsp3) is 0.333. The Balaban J connectivity index is 3.01. The standard InChI is InChI=1S/C12H13NO2S/c1-4-15-12(14)11(7-13)6-10-5-8(2)16-9(10)3/h5-6H,4H2,1-3H3. The van der Waals surface area contributed by atoms with E-state index in [1.54, 1.807) is 24.3 Å². The molecule has 0 N–H and O–H groups in total. The van der Waals surface area contributed by atoms with E-state index in [1.807, 2.05) is 26.0 Å². The first-order valence-electron chi connectivity index (χ1n) is 4.94. The number of carbonyl (C=O) groups excluding carboxylic acids is 1. The van der Waals surface area contributed by atoms with Crippen molar-refractivity contribution in [1.29, 1.82) is 5.26 Å². The first kappa shape index (κ1) is 12.5. The van der Waals surface area contributed by atoms with Crippen molar-refractivity contribution < 1.29 is 9.53 Å². The SMILES string of the molecule is CCOC(=O)C(C#N)=Cc1cc(C)sc1C. The van der Waals surface area contributed by atoms with Gasteiger partial charge in [-0.15, -0.1) is 11.3 Å². The summed E-state index contributed by atoms with van der Waals surface area (Å²) in [5.74, 6) is -0.562. The fourth-order valence-corrected chi connectivity index (χ4v) is 2.20. The van der Waals surface area contributed by atoms with Crippen LogP contribution >= 0.6 is 11.3 Å². The molecule has 1 heterocycles. The third kappa shape index (κ3) is 2.94. The van der Waals surface area contributed by atoms with E-state index < -0.39 is 5.97 Å². The van der Waals surface area contributed by atoms with Crippen LogP contribution in [0.15, 0.2) is 11.6 Å². The molecule has 1 aromatic heterocycles. The molecular formula is C12H13NO2S. The maximum Gasteiger partial charge on any atom is 0.348 e. The lowest BCUT2D eigenvalue weighted by Gasteiger charge is -1.98. The van der Waals surface area contributed by atoms with Gasteiger partial charge in [0.25, 0.3) is 0 Å². The summed E-state index contributed by atoms with van der Waals surface area (Å²) in [5.41, 5.74) is 0.954. The molecule has 0 spiro atoms. The Morgan fingerprint density at radius 3 is 2.75 bits per heavy atom. The summed E-state index contributed by atoms with van der Waals surface area (Å²) in [6.45, 7) is 5.95. The largest absolute Gasteiger partial charge is 0.462 e. The van der Waals surface area contributed by atoms with Crippen molar-refractivity contribution in [3.8, 4) is 6.07 Å². The van der Waals surface area contributed by atoms with Crippen LogP contribution in [0.4, 0.5) is 0 Å². The highest BCUT2D eigenvalue weighted by atomic mass is 32.1. The lowest BCUT2D eigenvalue weighted by atomic mass is 10.1. The Hall–Kier alpha value is -1.60. The summed E-state index contributed by atoms with van der Waals surface area (Å²) in [7, 11) is 0. The maximum absolute atomic E-state index is 11.4. The van der Waals surface area contributed by atoms with E-state index in [2.05, 4.69) is 0 Å². The molecule has 0 bridgehead atoms. The molecule has 0 saturated heterocycles. The molecule has 0 atom stereocenters. The summed E-state index contributed by atoms with van der Waals surface area (Å²) in [6, 6.07) is 3.82. The van der Waals surface area contributed by atoms with E-state index in [4.69, 9.17) is 10.00 Å². The van der Waals surface area contributed by atoms with Crippen molar-refractivity contribution in [2.24, 2.45) is 0 Å². The van der Waals surface area contributed by atoms with Crippen LogP contribution in [0.1, 0.15) is 22.2 Å². The molecule has 0 aliphatic rings. The van der Waals surface area contributed by atoms with E-state index in [1.165, 1.54) is 0 Å². The summed E-state index contributed by atoms with van der Waals surface area (Å²) in [4.78, 5) is 13.6. The molecule has 1 aromatic rings. The van der Waals surface area contributed by atoms with Crippen LogP contribution in [-0.4, -0.2) is 12.6 Å². The van der Waals surface area contributed by atoms with Crippen molar-refractivity contribution in [2.75, 3.05) is 6.61 Å². The van der Waals surface area contributed by atoms with Crippen LogP contribution < -0.4 is 0 Å². The van der Waals surface area contributed by atoms with Gasteiger partial charge < -0.3 is 4.74 Å². The quantitative estimate of drug-likeness (QED) is 0.460. The maximum atomic E-state index is 11.4. The number of rotatable bonds is 3. The van der Waals surface area contributed by atoms with Crippen molar-refractivity contribution in [3.05, 3.63) is 27.0 Å². The lowest BCUT2D eigenvalue weighted by Crippen LogP contribution is -2.05. The molecular weight excluding hydrogens is 222 g/mol. The molecule has 1 rings (SSSR count). The van der Waals surface area contributed by atoms with E-state index in [9.17, 15) is 4.79 Å². The van der Waals surface area contributed by atoms with Crippen molar-refractivity contribution >= 4 is 23.4 Å². The Morgan fingerprint density at radius 2 is 2.31 bits per heavy atom. The topological polar surface area (TPSA) is 50.1 Å². The first-order valence-corrected chi connectivity index (χ1v) is 5.76. The third-order valence-corrected chi connectivity index (χ3v) is 2.98.